The van der Waals surface area contributed by atoms with E-state index in [4.69, 9.17) is 9.47 Å². The van der Waals surface area contributed by atoms with Crippen LogP contribution in [0.25, 0.3) is 21.8 Å². The third-order valence-corrected chi connectivity index (χ3v) is 4.41. The third kappa shape index (κ3) is 3.24. The number of nitrogens with zero attached hydrogens (tertiary/aromatic N) is 1. The summed E-state index contributed by atoms with van der Waals surface area (Å²) in [5.74, 6) is -0.382. The Bertz CT molecular complexity index is 914. The Kier molecular flexibility index (Phi) is 5.04. The van der Waals surface area contributed by atoms with Gasteiger partial charge in [-0.3, -0.25) is 0 Å². The van der Waals surface area contributed by atoms with E-state index in [1.165, 1.54) is 0 Å². The van der Waals surface area contributed by atoms with Crippen molar-refractivity contribution in [3.8, 4) is 0 Å². The van der Waals surface area contributed by atoms with Crippen LogP contribution in [-0.4, -0.2) is 29.2 Å². The summed E-state index contributed by atoms with van der Waals surface area (Å²) in [6, 6.07) is 6.27. The van der Waals surface area contributed by atoms with E-state index in [9.17, 15) is 4.79 Å². The highest BCUT2D eigenvalue weighted by atomic mass is 16.5. The largest absolute Gasteiger partial charge is 0.461 e. The van der Waals surface area contributed by atoms with Gasteiger partial charge in [0.2, 0.25) is 0 Å². The van der Waals surface area contributed by atoms with E-state index in [0.717, 1.165) is 46.0 Å². The van der Waals surface area contributed by atoms with Crippen molar-refractivity contribution in [3.63, 3.8) is 0 Å². The van der Waals surface area contributed by atoms with Crippen LogP contribution in [0.5, 0.6) is 0 Å². The maximum atomic E-state index is 12.1. The molecule has 0 aliphatic carbocycles. The van der Waals surface area contributed by atoms with Crippen LogP contribution in [0.3, 0.4) is 0 Å². The zero-order valence-corrected chi connectivity index (χ0v) is 15.2. The average molecular weight is 340 g/mol. The number of benzene rings is 1. The molecule has 0 aliphatic heterocycles. The van der Waals surface area contributed by atoms with Crippen molar-refractivity contribution in [3.05, 3.63) is 41.2 Å². The highest BCUT2D eigenvalue weighted by Crippen LogP contribution is 2.31. The normalized spacial score (nSPS) is 12.6. The minimum absolute atomic E-state index is 0.0287. The second kappa shape index (κ2) is 7.23. The monoisotopic (exact) mass is 340 g/mol. The Morgan fingerprint density at radius 3 is 2.80 bits per heavy atom. The minimum atomic E-state index is -0.382. The van der Waals surface area contributed by atoms with Crippen LogP contribution in [0.4, 0.5) is 0 Å². The Balaban J connectivity index is 2.12. The molecule has 0 spiro atoms. The smallest absolute Gasteiger partial charge is 0.357 e. The van der Waals surface area contributed by atoms with Crippen molar-refractivity contribution < 1.29 is 14.3 Å². The lowest BCUT2D eigenvalue weighted by Crippen LogP contribution is -2.09. The van der Waals surface area contributed by atoms with E-state index in [-0.39, 0.29) is 12.1 Å². The summed E-state index contributed by atoms with van der Waals surface area (Å²) in [5.41, 5.74) is 4.26. The lowest BCUT2D eigenvalue weighted by molar-refractivity contribution is 0.0519. The summed E-state index contributed by atoms with van der Waals surface area (Å²) in [6.45, 7) is 8.94. The SMILES string of the molecule is CCCOC(C)c1ccc2[nH]c3cnc(C(=O)OCC)c(C)c3c2c1. The number of esters is 1. The lowest BCUT2D eigenvalue weighted by atomic mass is 10.0. The first-order valence-corrected chi connectivity index (χ1v) is 8.76. The van der Waals surface area contributed by atoms with Crippen LogP contribution in [-0.2, 0) is 9.47 Å². The van der Waals surface area contributed by atoms with E-state index in [2.05, 4.69) is 42.0 Å². The van der Waals surface area contributed by atoms with Gasteiger partial charge in [-0.25, -0.2) is 9.78 Å². The van der Waals surface area contributed by atoms with Gasteiger partial charge in [0.25, 0.3) is 0 Å². The molecule has 5 nitrogen and oxygen atoms in total. The van der Waals surface area contributed by atoms with E-state index >= 15 is 0 Å². The van der Waals surface area contributed by atoms with Crippen molar-refractivity contribution in [2.24, 2.45) is 0 Å². The molecule has 0 fully saturated rings. The van der Waals surface area contributed by atoms with Gasteiger partial charge in [0.05, 0.1) is 24.4 Å². The molecular weight excluding hydrogens is 316 g/mol. The molecule has 3 rings (SSSR count). The predicted octanol–water partition coefficient (Wildman–Crippen LogP) is 4.69. The first kappa shape index (κ1) is 17.4. The standard InChI is InChI=1S/C20H24N2O3/c1-5-9-25-13(4)14-7-8-16-15(10-14)18-12(3)19(20(23)24-6-2)21-11-17(18)22-16/h7-8,10-11,13,22H,5-6,9H2,1-4H3. The molecule has 2 heterocycles. The van der Waals surface area contributed by atoms with Gasteiger partial charge in [0, 0.05) is 22.9 Å². The van der Waals surface area contributed by atoms with Crippen LogP contribution in [0, 0.1) is 6.92 Å². The highest BCUT2D eigenvalue weighted by molar-refractivity contribution is 6.11. The maximum Gasteiger partial charge on any atom is 0.357 e. The number of hydrogen-bond donors (Lipinski definition) is 1. The molecule has 0 radical (unpaired) electrons. The van der Waals surface area contributed by atoms with Gasteiger partial charge < -0.3 is 14.5 Å². The molecule has 132 valence electrons. The van der Waals surface area contributed by atoms with Gasteiger partial charge in [-0.1, -0.05) is 13.0 Å². The summed E-state index contributed by atoms with van der Waals surface area (Å²) >= 11 is 0. The molecule has 25 heavy (non-hydrogen) atoms. The molecule has 0 bridgehead atoms. The summed E-state index contributed by atoms with van der Waals surface area (Å²) in [6.07, 6.45) is 2.72. The number of H-pyrrole nitrogens is 1. The molecule has 0 saturated heterocycles. The van der Waals surface area contributed by atoms with Crippen molar-refractivity contribution in [1.29, 1.82) is 0 Å². The minimum Gasteiger partial charge on any atom is -0.461 e. The van der Waals surface area contributed by atoms with Crippen molar-refractivity contribution in [2.75, 3.05) is 13.2 Å². The van der Waals surface area contributed by atoms with Crippen molar-refractivity contribution in [2.45, 2.75) is 40.2 Å². The average Bonchev–Trinajstić information content (AvgIpc) is 2.98. The van der Waals surface area contributed by atoms with Gasteiger partial charge in [-0.15, -0.1) is 0 Å². The number of rotatable bonds is 6. The maximum absolute atomic E-state index is 12.1. The fourth-order valence-corrected chi connectivity index (χ4v) is 3.12. The number of aromatic amines is 1. The van der Waals surface area contributed by atoms with Gasteiger partial charge in [-0.2, -0.15) is 0 Å². The number of hydrogen-bond acceptors (Lipinski definition) is 4. The highest BCUT2D eigenvalue weighted by Gasteiger charge is 2.18. The molecule has 1 aromatic carbocycles. The number of ether oxygens (including phenoxy) is 2. The molecule has 1 unspecified atom stereocenters. The number of aromatic nitrogens is 2. The van der Waals surface area contributed by atoms with Gasteiger partial charge in [-0.05, 0) is 50.5 Å². The summed E-state index contributed by atoms with van der Waals surface area (Å²) in [4.78, 5) is 19.8. The Morgan fingerprint density at radius 2 is 2.08 bits per heavy atom. The van der Waals surface area contributed by atoms with E-state index < -0.39 is 0 Å². The fraction of sp³-hybridized carbons (Fsp3) is 0.400. The van der Waals surface area contributed by atoms with Gasteiger partial charge in [0.15, 0.2) is 5.69 Å². The summed E-state index contributed by atoms with van der Waals surface area (Å²) < 4.78 is 11.0. The lowest BCUT2D eigenvalue weighted by Gasteiger charge is -2.13. The van der Waals surface area contributed by atoms with E-state index in [0.29, 0.717) is 12.3 Å². The van der Waals surface area contributed by atoms with Crippen molar-refractivity contribution in [1.82, 2.24) is 9.97 Å². The molecule has 1 atom stereocenters. The number of aryl methyl sites for hydroxylation is 1. The summed E-state index contributed by atoms with van der Waals surface area (Å²) in [7, 11) is 0. The molecular formula is C20H24N2O3. The van der Waals surface area contributed by atoms with Crippen LogP contribution in [0.2, 0.25) is 0 Å². The second-order valence-electron chi connectivity index (χ2n) is 6.18. The van der Waals surface area contributed by atoms with Crippen molar-refractivity contribution >= 4 is 27.8 Å². The molecule has 0 amide bonds. The molecule has 0 aliphatic rings. The summed E-state index contributed by atoms with van der Waals surface area (Å²) in [5, 5.41) is 2.09. The zero-order chi connectivity index (χ0) is 18.0. The number of carbonyl (C=O) groups excluding carboxylic acids is 1. The third-order valence-electron chi connectivity index (χ3n) is 4.41. The Labute approximate surface area is 147 Å². The molecule has 2 aromatic heterocycles. The van der Waals surface area contributed by atoms with Crippen LogP contribution in [0.15, 0.2) is 24.4 Å². The quantitative estimate of drug-likeness (QED) is 0.661. The van der Waals surface area contributed by atoms with Gasteiger partial charge in [0.1, 0.15) is 0 Å². The zero-order valence-electron chi connectivity index (χ0n) is 15.2. The van der Waals surface area contributed by atoms with E-state index in [1.54, 1.807) is 13.1 Å². The number of nitrogens with one attached hydrogen (secondary N) is 1. The Morgan fingerprint density at radius 1 is 1.28 bits per heavy atom. The van der Waals surface area contributed by atoms with E-state index in [1.807, 2.05) is 6.92 Å². The van der Waals surface area contributed by atoms with Crippen LogP contribution in [0.1, 0.15) is 54.9 Å². The molecule has 5 heteroatoms. The van der Waals surface area contributed by atoms with Crippen LogP contribution < -0.4 is 0 Å². The second-order valence-corrected chi connectivity index (χ2v) is 6.18. The fourth-order valence-electron chi connectivity index (χ4n) is 3.12. The Hall–Kier alpha value is -2.40. The molecule has 3 aromatic rings. The number of pyridine rings is 1. The predicted molar refractivity (Wildman–Crippen MR) is 99.0 cm³/mol. The van der Waals surface area contributed by atoms with Gasteiger partial charge >= 0.3 is 5.97 Å². The first-order valence-electron chi connectivity index (χ1n) is 8.76. The van der Waals surface area contributed by atoms with Crippen LogP contribution >= 0.6 is 0 Å². The topological polar surface area (TPSA) is 64.2 Å². The number of fused-ring (bicyclic) bond motifs is 3. The first-order chi connectivity index (χ1) is 12.1. The number of carbonyl (C=O) groups is 1. The molecule has 0 saturated carbocycles. The molecule has 1 N–H and O–H groups in total.